The molecule has 0 unspecified atom stereocenters. The first kappa shape index (κ1) is 10.5. The van der Waals surface area contributed by atoms with Gasteiger partial charge in [-0.15, -0.1) is 0 Å². The van der Waals surface area contributed by atoms with Crippen molar-refractivity contribution in [1.82, 2.24) is 4.98 Å². The van der Waals surface area contributed by atoms with Crippen LogP contribution in [-0.2, 0) is 9.53 Å². The molecule has 1 rings (SSSR count). The third-order valence-electron chi connectivity index (χ3n) is 1.61. The molecule has 0 aliphatic carbocycles. The van der Waals surface area contributed by atoms with Crippen molar-refractivity contribution in [1.29, 1.82) is 0 Å². The standard InChI is InChI=1S/C10H14N2O2/c1-3-14-10(13)7-11-9-6-4-5-8(2)12-9/h4-6H,3,7H2,1-2H3,(H,11,12). The largest absolute Gasteiger partial charge is 0.465 e. The molecule has 1 heterocycles. The van der Waals surface area contributed by atoms with E-state index in [2.05, 4.69) is 10.3 Å². The number of anilines is 1. The van der Waals surface area contributed by atoms with E-state index in [-0.39, 0.29) is 12.5 Å². The second-order valence-electron chi connectivity index (χ2n) is 2.82. The zero-order chi connectivity index (χ0) is 10.4. The molecule has 0 spiro atoms. The smallest absolute Gasteiger partial charge is 0.325 e. The molecule has 76 valence electrons. The number of nitrogens with one attached hydrogen (secondary N) is 1. The fourth-order valence-electron chi connectivity index (χ4n) is 1.02. The predicted molar refractivity (Wildman–Crippen MR) is 54.1 cm³/mol. The quantitative estimate of drug-likeness (QED) is 0.735. The first-order valence-corrected chi connectivity index (χ1v) is 4.55. The lowest BCUT2D eigenvalue weighted by Gasteiger charge is -2.05. The number of rotatable bonds is 4. The number of esters is 1. The SMILES string of the molecule is CCOC(=O)CNc1cccc(C)n1. The van der Waals surface area contributed by atoms with Gasteiger partial charge in [0.05, 0.1) is 6.61 Å². The van der Waals surface area contributed by atoms with Crippen molar-refractivity contribution in [3.63, 3.8) is 0 Å². The molecule has 0 aliphatic rings. The van der Waals surface area contributed by atoms with E-state index >= 15 is 0 Å². The third-order valence-corrected chi connectivity index (χ3v) is 1.61. The summed E-state index contributed by atoms with van der Waals surface area (Å²) in [6.45, 7) is 4.24. The molecule has 0 saturated carbocycles. The Labute approximate surface area is 83.3 Å². The average molecular weight is 194 g/mol. The van der Waals surface area contributed by atoms with Gasteiger partial charge >= 0.3 is 5.97 Å². The Morgan fingerprint density at radius 3 is 3.00 bits per heavy atom. The summed E-state index contributed by atoms with van der Waals surface area (Å²) in [6.07, 6.45) is 0. The Morgan fingerprint density at radius 2 is 2.36 bits per heavy atom. The molecule has 1 aromatic heterocycles. The van der Waals surface area contributed by atoms with Crippen LogP contribution in [0.1, 0.15) is 12.6 Å². The molecule has 0 saturated heterocycles. The van der Waals surface area contributed by atoms with Gasteiger partial charge < -0.3 is 10.1 Å². The van der Waals surface area contributed by atoms with E-state index < -0.39 is 0 Å². The summed E-state index contributed by atoms with van der Waals surface area (Å²) in [5.74, 6) is 0.425. The number of nitrogens with zero attached hydrogens (tertiary/aromatic N) is 1. The van der Waals surface area contributed by atoms with Crippen molar-refractivity contribution >= 4 is 11.8 Å². The molecule has 1 N–H and O–H groups in total. The van der Waals surface area contributed by atoms with E-state index in [4.69, 9.17) is 4.74 Å². The number of aromatic nitrogens is 1. The molecular weight excluding hydrogens is 180 g/mol. The fraction of sp³-hybridized carbons (Fsp3) is 0.400. The van der Waals surface area contributed by atoms with Gasteiger partial charge in [0.25, 0.3) is 0 Å². The van der Waals surface area contributed by atoms with Crippen LogP contribution in [0.5, 0.6) is 0 Å². The van der Waals surface area contributed by atoms with Crippen LogP contribution in [0.3, 0.4) is 0 Å². The van der Waals surface area contributed by atoms with Gasteiger partial charge in [0.2, 0.25) is 0 Å². The maximum atomic E-state index is 11.0. The van der Waals surface area contributed by atoms with Crippen LogP contribution in [-0.4, -0.2) is 24.1 Å². The number of hydrogen-bond donors (Lipinski definition) is 1. The molecule has 1 aromatic rings. The fourth-order valence-corrected chi connectivity index (χ4v) is 1.02. The van der Waals surface area contributed by atoms with Crippen molar-refractivity contribution in [2.24, 2.45) is 0 Å². The number of carbonyl (C=O) groups is 1. The Bertz CT molecular complexity index is 313. The normalized spacial score (nSPS) is 9.57. The van der Waals surface area contributed by atoms with Crippen molar-refractivity contribution < 1.29 is 9.53 Å². The summed E-state index contributed by atoms with van der Waals surface area (Å²) in [5.41, 5.74) is 0.916. The highest BCUT2D eigenvalue weighted by atomic mass is 16.5. The topological polar surface area (TPSA) is 51.2 Å². The van der Waals surface area contributed by atoms with E-state index in [1.807, 2.05) is 25.1 Å². The van der Waals surface area contributed by atoms with Gasteiger partial charge in [0, 0.05) is 5.69 Å². The lowest BCUT2D eigenvalue weighted by molar-refractivity contribution is -0.140. The predicted octanol–water partition coefficient (Wildman–Crippen LogP) is 1.37. The van der Waals surface area contributed by atoms with Gasteiger partial charge in [-0.3, -0.25) is 4.79 Å². The minimum atomic E-state index is -0.268. The van der Waals surface area contributed by atoms with Gasteiger partial charge in [-0.25, -0.2) is 4.98 Å². The number of aryl methyl sites for hydroxylation is 1. The molecule has 0 radical (unpaired) electrons. The van der Waals surface area contributed by atoms with E-state index in [9.17, 15) is 4.79 Å². The van der Waals surface area contributed by atoms with Crippen molar-refractivity contribution in [3.05, 3.63) is 23.9 Å². The minimum Gasteiger partial charge on any atom is -0.465 e. The Morgan fingerprint density at radius 1 is 1.57 bits per heavy atom. The lowest BCUT2D eigenvalue weighted by atomic mass is 10.4. The lowest BCUT2D eigenvalue weighted by Crippen LogP contribution is -2.17. The second kappa shape index (κ2) is 5.21. The number of carbonyl (C=O) groups excluding carboxylic acids is 1. The second-order valence-corrected chi connectivity index (χ2v) is 2.82. The monoisotopic (exact) mass is 194 g/mol. The minimum absolute atomic E-state index is 0.157. The molecule has 4 nitrogen and oxygen atoms in total. The van der Waals surface area contributed by atoms with Gasteiger partial charge in [0.1, 0.15) is 12.4 Å². The van der Waals surface area contributed by atoms with E-state index in [1.165, 1.54) is 0 Å². The molecular formula is C10H14N2O2. The molecule has 0 atom stereocenters. The molecule has 0 aliphatic heterocycles. The van der Waals surface area contributed by atoms with Crippen LogP contribution in [0, 0.1) is 6.92 Å². The zero-order valence-corrected chi connectivity index (χ0v) is 8.41. The molecule has 0 fully saturated rings. The van der Waals surface area contributed by atoms with Gasteiger partial charge in [-0.1, -0.05) is 6.07 Å². The van der Waals surface area contributed by atoms with Crippen molar-refractivity contribution in [2.45, 2.75) is 13.8 Å². The zero-order valence-electron chi connectivity index (χ0n) is 8.41. The van der Waals surface area contributed by atoms with Crippen LogP contribution in [0.15, 0.2) is 18.2 Å². The number of ether oxygens (including phenoxy) is 1. The van der Waals surface area contributed by atoms with E-state index in [0.717, 1.165) is 5.69 Å². The van der Waals surface area contributed by atoms with Crippen LogP contribution in [0.2, 0.25) is 0 Å². The van der Waals surface area contributed by atoms with Gasteiger partial charge in [-0.2, -0.15) is 0 Å². The maximum Gasteiger partial charge on any atom is 0.325 e. The Balaban J connectivity index is 2.41. The summed E-state index contributed by atoms with van der Waals surface area (Å²) in [7, 11) is 0. The molecule has 14 heavy (non-hydrogen) atoms. The van der Waals surface area contributed by atoms with Crippen LogP contribution >= 0.6 is 0 Å². The highest BCUT2D eigenvalue weighted by Crippen LogP contribution is 2.02. The third kappa shape index (κ3) is 3.43. The molecule has 0 amide bonds. The summed E-state index contributed by atoms with van der Waals surface area (Å²) in [6, 6.07) is 5.59. The van der Waals surface area contributed by atoms with Gasteiger partial charge in [-0.05, 0) is 26.0 Å². The Kier molecular flexibility index (Phi) is 3.91. The summed E-state index contributed by atoms with van der Waals surface area (Å²) in [5, 5.41) is 2.88. The summed E-state index contributed by atoms with van der Waals surface area (Å²) in [4.78, 5) is 15.2. The first-order chi connectivity index (χ1) is 6.72. The molecule has 0 aromatic carbocycles. The molecule has 4 heteroatoms. The van der Waals surface area contributed by atoms with Crippen LogP contribution < -0.4 is 5.32 Å². The average Bonchev–Trinajstić information content (AvgIpc) is 2.15. The van der Waals surface area contributed by atoms with Crippen LogP contribution in [0.4, 0.5) is 5.82 Å². The van der Waals surface area contributed by atoms with E-state index in [0.29, 0.717) is 12.4 Å². The number of pyridine rings is 1. The van der Waals surface area contributed by atoms with Crippen LogP contribution in [0.25, 0.3) is 0 Å². The summed E-state index contributed by atoms with van der Waals surface area (Å²) >= 11 is 0. The first-order valence-electron chi connectivity index (χ1n) is 4.55. The maximum absolute atomic E-state index is 11.0. The van der Waals surface area contributed by atoms with Crippen molar-refractivity contribution in [2.75, 3.05) is 18.5 Å². The van der Waals surface area contributed by atoms with Crippen molar-refractivity contribution in [3.8, 4) is 0 Å². The van der Waals surface area contributed by atoms with Gasteiger partial charge in [0.15, 0.2) is 0 Å². The highest BCUT2D eigenvalue weighted by Gasteiger charge is 2.01. The van der Waals surface area contributed by atoms with E-state index in [1.54, 1.807) is 6.92 Å². The highest BCUT2D eigenvalue weighted by molar-refractivity contribution is 5.74. The molecule has 0 bridgehead atoms. The Hall–Kier alpha value is -1.58. The summed E-state index contributed by atoms with van der Waals surface area (Å²) < 4.78 is 4.76. The number of hydrogen-bond acceptors (Lipinski definition) is 4.